The number of hydrogen-bond acceptors (Lipinski definition) is 7. The van der Waals surface area contributed by atoms with E-state index in [0.717, 1.165) is 22.8 Å². The summed E-state index contributed by atoms with van der Waals surface area (Å²) < 4.78 is 18.7. The molecule has 0 bridgehead atoms. The van der Waals surface area contributed by atoms with E-state index in [9.17, 15) is 9.59 Å². The molecule has 7 nitrogen and oxygen atoms in total. The lowest BCUT2D eigenvalue weighted by atomic mass is 9.90. The van der Waals surface area contributed by atoms with Gasteiger partial charge < -0.3 is 14.2 Å². The number of thiazole rings is 1. The summed E-state index contributed by atoms with van der Waals surface area (Å²) in [6.45, 7) is 3.99. The van der Waals surface area contributed by atoms with Gasteiger partial charge in [-0.15, -0.1) is 0 Å². The largest absolute Gasteiger partial charge is 0.496 e. The monoisotopic (exact) mass is 576 g/mol. The Bertz CT molecular complexity index is 1820. The SMILES string of the molecule is CCCC1=C(C(=O)OCC)[C@@H](c2c(OC)ccc3ccccc23)n2c(s/c(=C/c3ccc(OC)c(Cl)c3)c2=O)=N1. The first-order valence-electron chi connectivity index (χ1n) is 13.0. The molecule has 0 amide bonds. The van der Waals surface area contributed by atoms with Crippen molar-refractivity contribution >= 4 is 45.8 Å². The van der Waals surface area contributed by atoms with Gasteiger partial charge in [-0.05, 0) is 54.0 Å². The van der Waals surface area contributed by atoms with Gasteiger partial charge in [0.05, 0.1) is 41.7 Å². The molecule has 40 heavy (non-hydrogen) atoms. The van der Waals surface area contributed by atoms with Crippen LogP contribution in [0.4, 0.5) is 0 Å². The molecule has 4 aromatic rings. The summed E-state index contributed by atoms with van der Waals surface area (Å²) in [5.41, 5.74) is 2.15. The molecular weight excluding hydrogens is 548 g/mol. The molecular formula is C31H29ClN2O5S. The molecule has 0 unspecified atom stereocenters. The summed E-state index contributed by atoms with van der Waals surface area (Å²) in [7, 11) is 3.14. The zero-order valence-electron chi connectivity index (χ0n) is 22.7. The van der Waals surface area contributed by atoms with E-state index in [0.29, 0.717) is 49.1 Å². The minimum Gasteiger partial charge on any atom is -0.496 e. The molecule has 0 aliphatic carbocycles. The Balaban J connectivity index is 1.85. The Labute approximate surface area is 240 Å². The van der Waals surface area contributed by atoms with Crippen LogP contribution in [-0.2, 0) is 9.53 Å². The number of aromatic nitrogens is 1. The van der Waals surface area contributed by atoms with Crippen LogP contribution in [0.2, 0.25) is 5.02 Å². The fraction of sp³-hybridized carbons (Fsp3) is 0.258. The summed E-state index contributed by atoms with van der Waals surface area (Å²) in [4.78, 5) is 33.1. The Morgan fingerprint density at radius 2 is 1.82 bits per heavy atom. The molecule has 2 heterocycles. The van der Waals surface area contributed by atoms with Crippen LogP contribution in [0.25, 0.3) is 16.8 Å². The number of rotatable bonds is 8. The van der Waals surface area contributed by atoms with Crippen molar-refractivity contribution in [3.63, 3.8) is 0 Å². The molecule has 9 heteroatoms. The predicted molar refractivity (Wildman–Crippen MR) is 158 cm³/mol. The second-order valence-corrected chi connectivity index (χ2v) is 10.6. The predicted octanol–water partition coefficient (Wildman–Crippen LogP) is 5.40. The second kappa shape index (κ2) is 11.7. The lowest BCUT2D eigenvalue weighted by molar-refractivity contribution is -0.139. The number of allylic oxidation sites excluding steroid dienone is 1. The van der Waals surface area contributed by atoms with E-state index < -0.39 is 12.0 Å². The summed E-state index contributed by atoms with van der Waals surface area (Å²) >= 11 is 7.62. The summed E-state index contributed by atoms with van der Waals surface area (Å²) in [5, 5.41) is 2.28. The van der Waals surface area contributed by atoms with Crippen molar-refractivity contribution in [2.24, 2.45) is 4.99 Å². The van der Waals surface area contributed by atoms with Crippen LogP contribution >= 0.6 is 22.9 Å². The number of carbonyl (C=O) groups is 1. The number of esters is 1. The van der Waals surface area contributed by atoms with Gasteiger partial charge in [0.1, 0.15) is 17.5 Å². The summed E-state index contributed by atoms with van der Waals surface area (Å²) in [6, 6.07) is 16.2. The molecule has 0 fully saturated rings. The highest BCUT2D eigenvalue weighted by Gasteiger charge is 2.37. The van der Waals surface area contributed by atoms with Crippen molar-refractivity contribution < 1.29 is 19.0 Å². The quantitative estimate of drug-likeness (QED) is 0.262. The maximum Gasteiger partial charge on any atom is 0.338 e. The van der Waals surface area contributed by atoms with Gasteiger partial charge in [-0.3, -0.25) is 9.36 Å². The first kappa shape index (κ1) is 27.7. The highest BCUT2D eigenvalue weighted by molar-refractivity contribution is 7.07. The van der Waals surface area contributed by atoms with Crippen LogP contribution in [0.3, 0.4) is 0 Å². The third-order valence-corrected chi connectivity index (χ3v) is 8.07. The third-order valence-electron chi connectivity index (χ3n) is 6.79. The van der Waals surface area contributed by atoms with Crippen molar-refractivity contribution in [3.05, 3.63) is 102 Å². The minimum absolute atomic E-state index is 0.198. The van der Waals surface area contributed by atoms with Crippen LogP contribution < -0.4 is 24.4 Å². The van der Waals surface area contributed by atoms with Crippen LogP contribution in [0.1, 0.15) is 43.9 Å². The first-order chi connectivity index (χ1) is 19.4. The molecule has 0 saturated carbocycles. The van der Waals surface area contributed by atoms with Crippen LogP contribution in [0.15, 0.2) is 75.7 Å². The maximum absolute atomic E-state index is 14.1. The van der Waals surface area contributed by atoms with Crippen LogP contribution in [0.5, 0.6) is 11.5 Å². The second-order valence-electron chi connectivity index (χ2n) is 9.21. The lowest BCUT2D eigenvalue weighted by Gasteiger charge is -2.28. The van der Waals surface area contributed by atoms with Crippen molar-refractivity contribution in [3.8, 4) is 11.5 Å². The van der Waals surface area contributed by atoms with Gasteiger partial charge in [0.2, 0.25) is 0 Å². The minimum atomic E-state index is -0.792. The van der Waals surface area contributed by atoms with Gasteiger partial charge in [-0.25, -0.2) is 9.79 Å². The van der Waals surface area contributed by atoms with Crippen molar-refractivity contribution in [2.45, 2.75) is 32.7 Å². The summed E-state index contributed by atoms with van der Waals surface area (Å²) in [6.07, 6.45) is 3.09. The molecule has 1 aliphatic heterocycles. The molecule has 0 spiro atoms. The van der Waals surface area contributed by atoms with E-state index in [4.69, 9.17) is 30.8 Å². The van der Waals surface area contributed by atoms with Gasteiger partial charge in [-0.2, -0.15) is 0 Å². The number of nitrogens with zero attached hydrogens (tertiary/aromatic N) is 2. The fourth-order valence-electron chi connectivity index (χ4n) is 5.05. The number of hydrogen-bond donors (Lipinski definition) is 0. The lowest BCUT2D eigenvalue weighted by Crippen LogP contribution is -2.40. The summed E-state index contributed by atoms with van der Waals surface area (Å²) in [5.74, 6) is 0.622. The number of ether oxygens (including phenoxy) is 3. The Morgan fingerprint density at radius 1 is 1.07 bits per heavy atom. The number of carbonyl (C=O) groups excluding carboxylic acids is 1. The number of methoxy groups -OCH3 is 2. The molecule has 0 saturated heterocycles. The van der Waals surface area contributed by atoms with E-state index in [1.165, 1.54) is 11.3 Å². The third kappa shape index (κ3) is 4.93. The molecule has 1 aromatic heterocycles. The van der Waals surface area contributed by atoms with Gasteiger partial charge in [0.25, 0.3) is 5.56 Å². The van der Waals surface area contributed by atoms with Crippen molar-refractivity contribution in [1.82, 2.24) is 4.57 Å². The van der Waals surface area contributed by atoms with Crippen LogP contribution in [0, 0.1) is 0 Å². The number of benzene rings is 3. The maximum atomic E-state index is 14.1. The Kier molecular flexibility index (Phi) is 8.09. The van der Waals surface area contributed by atoms with E-state index in [1.54, 1.807) is 43.9 Å². The van der Waals surface area contributed by atoms with Crippen molar-refractivity contribution in [1.29, 1.82) is 0 Å². The molecule has 3 aromatic carbocycles. The highest BCUT2D eigenvalue weighted by atomic mass is 35.5. The smallest absolute Gasteiger partial charge is 0.338 e. The molecule has 206 valence electrons. The van der Waals surface area contributed by atoms with Crippen LogP contribution in [-0.4, -0.2) is 31.4 Å². The Morgan fingerprint density at radius 3 is 2.52 bits per heavy atom. The molecule has 5 rings (SSSR count). The molecule has 0 radical (unpaired) electrons. The van der Waals surface area contributed by atoms with E-state index in [1.807, 2.05) is 49.4 Å². The zero-order valence-corrected chi connectivity index (χ0v) is 24.3. The number of halogens is 1. The average molecular weight is 577 g/mol. The van der Waals surface area contributed by atoms with Crippen molar-refractivity contribution in [2.75, 3.05) is 20.8 Å². The van der Waals surface area contributed by atoms with E-state index in [-0.39, 0.29) is 12.2 Å². The van der Waals surface area contributed by atoms with Gasteiger partial charge in [-0.1, -0.05) is 72.7 Å². The molecule has 0 N–H and O–H groups in total. The zero-order chi connectivity index (χ0) is 28.4. The standard InChI is InChI=1S/C31H29ClN2O5S/c1-5-9-22-27(30(36)39-6-2)28(26-20-11-8-7-10-19(20)13-15-24(26)38-4)34-29(35)25(40-31(34)33-22)17-18-12-14-23(37-3)21(32)16-18/h7-8,10-17,28H,5-6,9H2,1-4H3/b25-17+/t28-/m1/s1. The Hall–Kier alpha value is -3.88. The number of fused-ring (bicyclic) bond motifs is 2. The van der Waals surface area contributed by atoms with E-state index >= 15 is 0 Å². The van der Waals surface area contributed by atoms with Gasteiger partial charge in [0, 0.05) is 5.56 Å². The average Bonchev–Trinajstić information content (AvgIpc) is 3.26. The fourth-order valence-corrected chi connectivity index (χ4v) is 6.34. The normalized spacial score (nSPS) is 15.1. The molecule has 1 aliphatic rings. The molecule has 1 atom stereocenters. The first-order valence-corrected chi connectivity index (χ1v) is 14.2. The highest BCUT2D eigenvalue weighted by Crippen LogP contribution is 2.41. The topological polar surface area (TPSA) is 79.1 Å². The van der Waals surface area contributed by atoms with Gasteiger partial charge in [0.15, 0.2) is 4.80 Å². The van der Waals surface area contributed by atoms with E-state index in [2.05, 4.69) is 0 Å². The van der Waals surface area contributed by atoms with Gasteiger partial charge >= 0.3 is 5.97 Å².